The first-order valence-corrected chi connectivity index (χ1v) is 12.1. The smallest absolute Gasteiger partial charge is 0.340 e. The molecule has 13 heteroatoms. The Kier molecular flexibility index (Phi) is 7.54. The van der Waals surface area contributed by atoms with Crippen LogP contribution < -0.4 is 9.64 Å². The van der Waals surface area contributed by atoms with E-state index in [2.05, 4.69) is 0 Å². The summed E-state index contributed by atoms with van der Waals surface area (Å²) >= 11 is 0. The molecule has 188 valence electrons. The standard InChI is InChI=1S/C22H20F5N3O4S/c1-35(32,33)16-4-5-19(34-13-22(26,27)21(24)25)17(11-16)20(31)30-8-6-29(7-9-30)15-3-2-14(12-28)18(23)10-15/h2-5,10-11,21H,6-9,13H2,1H3. The molecule has 0 bridgehead atoms. The molecular formula is C22H20F5N3O4S. The molecule has 0 unspecified atom stereocenters. The maximum absolute atomic E-state index is 13.9. The van der Waals surface area contributed by atoms with E-state index in [1.54, 1.807) is 17.0 Å². The van der Waals surface area contributed by atoms with Crippen molar-refractivity contribution in [2.75, 3.05) is 43.9 Å². The average molecular weight is 517 g/mol. The van der Waals surface area contributed by atoms with Crippen molar-refractivity contribution in [3.05, 3.63) is 53.3 Å². The van der Waals surface area contributed by atoms with E-state index in [1.165, 1.54) is 17.0 Å². The quantitative estimate of drug-likeness (QED) is 0.524. The number of hydrogen-bond acceptors (Lipinski definition) is 6. The van der Waals surface area contributed by atoms with Crippen molar-refractivity contribution in [3.8, 4) is 11.8 Å². The van der Waals surface area contributed by atoms with Gasteiger partial charge in [0.05, 0.1) is 16.0 Å². The number of rotatable bonds is 7. The molecule has 0 saturated carbocycles. The molecule has 0 atom stereocenters. The first kappa shape index (κ1) is 26.2. The van der Waals surface area contributed by atoms with E-state index in [0.717, 1.165) is 24.5 Å². The molecule has 35 heavy (non-hydrogen) atoms. The number of carbonyl (C=O) groups excluding carboxylic acids is 1. The van der Waals surface area contributed by atoms with Crippen LogP contribution in [0.15, 0.2) is 41.3 Å². The third-order valence-electron chi connectivity index (χ3n) is 5.35. The topological polar surface area (TPSA) is 90.7 Å². The number of carbonyl (C=O) groups is 1. The minimum Gasteiger partial charge on any atom is -0.486 e. The molecule has 3 rings (SSSR count). The SMILES string of the molecule is CS(=O)(=O)c1ccc(OCC(F)(F)C(F)F)c(C(=O)N2CCN(c3ccc(C#N)c(F)c3)CC2)c1. The van der Waals surface area contributed by atoms with Crippen LogP contribution in [0, 0.1) is 17.1 Å². The van der Waals surface area contributed by atoms with Crippen molar-refractivity contribution in [1.82, 2.24) is 4.90 Å². The summed E-state index contributed by atoms with van der Waals surface area (Å²) in [5.74, 6) is -6.36. The van der Waals surface area contributed by atoms with Gasteiger partial charge < -0.3 is 14.5 Å². The molecule has 1 heterocycles. The number of sulfone groups is 1. The molecule has 1 aliphatic heterocycles. The van der Waals surface area contributed by atoms with E-state index in [-0.39, 0.29) is 42.2 Å². The lowest BCUT2D eigenvalue weighted by Crippen LogP contribution is -2.49. The molecule has 0 aromatic heterocycles. The Morgan fingerprint density at radius 2 is 1.80 bits per heavy atom. The second kappa shape index (κ2) is 10.1. The van der Waals surface area contributed by atoms with E-state index in [0.29, 0.717) is 5.69 Å². The molecule has 1 amide bonds. The van der Waals surface area contributed by atoms with Gasteiger partial charge in [-0.05, 0) is 36.4 Å². The molecule has 7 nitrogen and oxygen atoms in total. The zero-order chi connectivity index (χ0) is 26.0. The van der Waals surface area contributed by atoms with Crippen LogP contribution >= 0.6 is 0 Å². The normalized spacial score (nSPS) is 14.7. The maximum atomic E-state index is 13.9. The number of benzene rings is 2. The van der Waals surface area contributed by atoms with Crippen molar-refractivity contribution in [3.63, 3.8) is 0 Å². The van der Waals surface area contributed by atoms with Crippen molar-refractivity contribution in [2.45, 2.75) is 17.2 Å². The highest BCUT2D eigenvalue weighted by atomic mass is 32.2. The number of amides is 1. The summed E-state index contributed by atoms with van der Waals surface area (Å²) in [4.78, 5) is 15.9. The second-order valence-corrected chi connectivity index (χ2v) is 9.85. The molecule has 2 aromatic carbocycles. The molecule has 1 aliphatic rings. The second-order valence-electron chi connectivity index (χ2n) is 7.84. The first-order valence-electron chi connectivity index (χ1n) is 10.2. The highest BCUT2D eigenvalue weighted by Crippen LogP contribution is 2.29. The van der Waals surface area contributed by atoms with Crippen molar-refractivity contribution >= 4 is 21.4 Å². The Labute approximate surface area is 198 Å². The summed E-state index contributed by atoms with van der Waals surface area (Å²) in [5.41, 5.74) is 0.0139. The largest absolute Gasteiger partial charge is 0.486 e. The van der Waals surface area contributed by atoms with Crippen LogP contribution in [0.2, 0.25) is 0 Å². The van der Waals surface area contributed by atoms with Crippen LogP contribution in [0.3, 0.4) is 0 Å². The number of alkyl halides is 4. The summed E-state index contributed by atoms with van der Waals surface area (Å²) < 4.78 is 94.3. The summed E-state index contributed by atoms with van der Waals surface area (Å²) in [7, 11) is -3.78. The van der Waals surface area contributed by atoms with Gasteiger partial charge in [-0.25, -0.2) is 21.6 Å². The number of hydrogen-bond donors (Lipinski definition) is 0. The highest BCUT2D eigenvalue weighted by Gasteiger charge is 2.42. The Morgan fingerprint density at radius 1 is 1.14 bits per heavy atom. The fourth-order valence-corrected chi connectivity index (χ4v) is 4.05. The summed E-state index contributed by atoms with van der Waals surface area (Å²) in [6.45, 7) is -0.988. The van der Waals surface area contributed by atoms with Gasteiger partial charge in [0.15, 0.2) is 16.4 Å². The third kappa shape index (κ3) is 6.00. The maximum Gasteiger partial charge on any atom is 0.340 e. The van der Waals surface area contributed by atoms with Crippen LogP contribution in [0.4, 0.5) is 27.6 Å². The van der Waals surface area contributed by atoms with Gasteiger partial charge in [0.25, 0.3) is 5.91 Å². The Morgan fingerprint density at radius 3 is 2.34 bits per heavy atom. The minimum absolute atomic E-state index is 0.107. The lowest BCUT2D eigenvalue weighted by atomic mass is 10.1. The number of ether oxygens (including phenoxy) is 1. The molecule has 0 spiro atoms. The molecule has 0 N–H and O–H groups in total. The van der Waals surface area contributed by atoms with Gasteiger partial charge >= 0.3 is 12.3 Å². The fourth-order valence-electron chi connectivity index (χ4n) is 3.40. The van der Waals surface area contributed by atoms with E-state index in [1.807, 2.05) is 0 Å². The predicted molar refractivity (Wildman–Crippen MR) is 115 cm³/mol. The lowest BCUT2D eigenvalue weighted by molar-refractivity contribution is -0.148. The first-order chi connectivity index (χ1) is 16.3. The van der Waals surface area contributed by atoms with Crippen LogP contribution in [0.1, 0.15) is 15.9 Å². The zero-order valence-electron chi connectivity index (χ0n) is 18.3. The van der Waals surface area contributed by atoms with Gasteiger partial charge in [-0.1, -0.05) is 0 Å². The van der Waals surface area contributed by atoms with Crippen LogP contribution in [0.5, 0.6) is 5.75 Å². The van der Waals surface area contributed by atoms with E-state index in [4.69, 9.17) is 10.00 Å². The molecule has 1 saturated heterocycles. The van der Waals surface area contributed by atoms with Crippen LogP contribution in [-0.4, -0.2) is 70.6 Å². The van der Waals surface area contributed by atoms with Gasteiger partial charge in [-0.3, -0.25) is 4.79 Å². The molecule has 0 radical (unpaired) electrons. The van der Waals surface area contributed by atoms with Crippen molar-refractivity contribution in [2.24, 2.45) is 0 Å². The fraction of sp³-hybridized carbons (Fsp3) is 0.364. The van der Waals surface area contributed by atoms with Gasteiger partial charge in [0.1, 0.15) is 17.6 Å². The van der Waals surface area contributed by atoms with Crippen LogP contribution in [0.25, 0.3) is 0 Å². The van der Waals surface area contributed by atoms with E-state index >= 15 is 0 Å². The number of anilines is 1. The van der Waals surface area contributed by atoms with E-state index < -0.39 is 46.3 Å². The summed E-state index contributed by atoms with van der Waals surface area (Å²) in [5, 5.41) is 8.85. The van der Waals surface area contributed by atoms with Gasteiger partial charge in [0, 0.05) is 38.1 Å². The molecule has 2 aromatic rings. The van der Waals surface area contributed by atoms with Crippen LogP contribution in [-0.2, 0) is 9.84 Å². The zero-order valence-corrected chi connectivity index (χ0v) is 19.2. The van der Waals surface area contributed by atoms with Crippen molar-refractivity contribution in [1.29, 1.82) is 5.26 Å². The van der Waals surface area contributed by atoms with E-state index in [9.17, 15) is 35.2 Å². The molecule has 0 aliphatic carbocycles. The number of halogens is 5. The molecular weight excluding hydrogens is 497 g/mol. The Hall–Kier alpha value is -3.40. The third-order valence-corrected chi connectivity index (χ3v) is 6.46. The monoisotopic (exact) mass is 517 g/mol. The number of piperazine rings is 1. The average Bonchev–Trinajstić information content (AvgIpc) is 2.81. The summed E-state index contributed by atoms with van der Waals surface area (Å²) in [6, 6.07) is 8.76. The predicted octanol–water partition coefficient (Wildman–Crippen LogP) is 3.34. The number of nitriles is 1. The highest BCUT2D eigenvalue weighted by molar-refractivity contribution is 7.90. The Balaban J connectivity index is 1.81. The van der Waals surface area contributed by atoms with Gasteiger partial charge in [-0.2, -0.15) is 14.0 Å². The van der Waals surface area contributed by atoms with Gasteiger partial charge in [-0.15, -0.1) is 0 Å². The number of nitrogens with zero attached hydrogens (tertiary/aromatic N) is 3. The minimum atomic E-state index is -4.47. The molecule has 1 fully saturated rings. The van der Waals surface area contributed by atoms with Gasteiger partial charge in [0.2, 0.25) is 0 Å². The lowest BCUT2D eigenvalue weighted by Gasteiger charge is -2.36. The Bertz CT molecular complexity index is 1260. The summed E-state index contributed by atoms with van der Waals surface area (Å²) in [6.07, 6.45) is -3.10. The van der Waals surface area contributed by atoms with Crippen molar-refractivity contribution < 1.29 is 39.9 Å².